The summed E-state index contributed by atoms with van der Waals surface area (Å²) in [5.41, 5.74) is 3.43. The average Bonchev–Trinajstić information content (AvgIpc) is 3.49. The van der Waals surface area contributed by atoms with Gasteiger partial charge in [0.1, 0.15) is 5.52 Å². The third-order valence-electron chi connectivity index (χ3n) is 6.03. The van der Waals surface area contributed by atoms with Gasteiger partial charge in [-0.2, -0.15) is 0 Å². The highest BCUT2D eigenvalue weighted by Gasteiger charge is 2.26. The van der Waals surface area contributed by atoms with Crippen molar-refractivity contribution in [2.75, 3.05) is 30.4 Å². The largest absolute Gasteiger partial charge is 0.326 e. The number of pyridine rings is 1. The van der Waals surface area contributed by atoms with Gasteiger partial charge in [-0.3, -0.25) is 9.69 Å². The van der Waals surface area contributed by atoms with Crippen LogP contribution in [0, 0.1) is 0 Å². The molecule has 3 heterocycles. The molecule has 0 unspecified atom stereocenters. The number of anilines is 2. The zero-order valence-corrected chi connectivity index (χ0v) is 16.9. The molecule has 154 valence electrons. The van der Waals surface area contributed by atoms with Crippen LogP contribution in [0.3, 0.4) is 0 Å². The van der Waals surface area contributed by atoms with Crippen molar-refractivity contribution in [1.29, 1.82) is 0 Å². The summed E-state index contributed by atoms with van der Waals surface area (Å²) in [5.74, 6) is -0.248. The third kappa shape index (κ3) is 3.28. The second kappa shape index (κ2) is 7.44. The zero-order chi connectivity index (χ0) is 20.7. The Bertz CT molecular complexity index is 1120. The average molecular weight is 404 g/mol. The van der Waals surface area contributed by atoms with Gasteiger partial charge < -0.3 is 14.8 Å². The number of carbonyl (C=O) groups is 2. The molecule has 8 nitrogen and oxygen atoms in total. The normalized spacial score (nSPS) is 17.3. The van der Waals surface area contributed by atoms with Gasteiger partial charge in [-0.1, -0.05) is 18.9 Å². The summed E-state index contributed by atoms with van der Waals surface area (Å²) in [5, 5.41) is 2.91. The van der Waals surface area contributed by atoms with Gasteiger partial charge in [0, 0.05) is 43.8 Å². The highest BCUT2D eigenvalue weighted by Crippen LogP contribution is 2.31. The maximum atomic E-state index is 12.8. The minimum absolute atomic E-state index is 0.0361. The van der Waals surface area contributed by atoms with Gasteiger partial charge in [0.15, 0.2) is 5.65 Å². The summed E-state index contributed by atoms with van der Waals surface area (Å²) in [7, 11) is 1.78. The van der Waals surface area contributed by atoms with Crippen LogP contribution in [0.15, 0.2) is 42.9 Å². The van der Waals surface area contributed by atoms with E-state index in [1.165, 1.54) is 12.8 Å². The molecule has 2 aromatic heterocycles. The molecule has 0 spiro atoms. The van der Waals surface area contributed by atoms with Crippen molar-refractivity contribution < 1.29 is 9.59 Å². The van der Waals surface area contributed by atoms with E-state index in [1.807, 2.05) is 30.6 Å². The lowest BCUT2D eigenvalue weighted by Crippen LogP contribution is -2.29. The molecule has 1 aromatic carbocycles. The second-order valence-corrected chi connectivity index (χ2v) is 8.02. The molecule has 1 aliphatic heterocycles. The van der Waals surface area contributed by atoms with Gasteiger partial charge in [0.05, 0.1) is 11.9 Å². The lowest BCUT2D eigenvalue weighted by molar-refractivity contribution is 0.102. The van der Waals surface area contributed by atoms with Crippen LogP contribution in [0.5, 0.6) is 0 Å². The number of likely N-dealkylation sites (N-methyl/N-ethyl adjacent to an activating group) is 1. The number of nitrogens with zero attached hydrogens (tertiary/aromatic N) is 5. The number of aromatic nitrogens is 3. The topological polar surface area (TPSA) is 83.4 Å². The summed E-state index contributed by atoms with van der Waals surface area (Å²) < 4.78 is 2.14. The van der Waals surface area contributed by atoms with Crippen molar-refractivity contribution in [3.05, 3.63) is 48.4 Å². The SMILES string of the molecule is CN1CCN(c2cccc(NC(=O)c3cnc4c(c3)ncn4C3CCCC3)c2)C1=O. The number of carbonyl (C=O) groups excluding carboxylic acids is 2. The minimum Gasteiger partial charge on any atom is -0.326 e. The molecule has 2 aliphatic rings. The predicted octanol–water partition coefficient (Wildman–Crippen LogP) is 3.67. The van der Waals surface area contributed by atoms with Crippen LogP contribution in [-0.4, -0.2) is 51.5 Å². The van der Waals surface area contributed by atoms with Crippen LogP contribution < -0.4 is 10.2 Å². The summed E-state index contributed by atoms with van der Waals surface area (Å²) in [6.45, 7) is 1.32. The number of urea groups is 1. The van der Waals surface area contributed by atoms with E-state index >= 15 is 0 Å². The number of hydrogen-bond acceptors (Lipinski definition) is 4. The van der Waals surface area contributed by atoms with E-state index in [1.54, 1.807) is 29.1 Å². The Morgan fingerprint density at radius 1 is 1.13 bits per heavy atom. The Morgan fingerprint density at radius 3 is 2.73 bits per heavy atom. The van der Waals surface area contributed by atoms with E-state index in [0.717, 1.165) is 29.7 Å². The molecule has 1 saturated heterocycles. The van der Waals surface area contributed by atoms with Crippen LogP contribution in [0.4, 0.5) is 16.2 Å². The van der Waals surface area contributed by atoms with E-state index in [2.05, 4.69) is 19.9 Å². The third-order valence-corrected chi connectivity index (χ3v) is 6.03. The van der Waals surface area contributed by atoms with Crippen molar-refractivity contribution in [3.8, 4) is 0 Å². The first-order valence-electron chi connectivity index (χ1n) is 10.4. The van der Waals surface area contributed by atoms with E-state index in [4.69, 9.17) is 0 Å². The molecule has 0 atom stereocenters. The number of nitrogens with one attached hydrogen (secondary N) is 1. The zero-order valence-electron chi connectivity index (χ0n) is 16.9. The van der Waals surface area contributed by atoms with Gasteiger partial charge in [0.25, 0.3) is 5.91 Å². The maximum absolute atomic E-state index is 12.8. The van der Waals surface area contributed by atoms with Gasteiger partial charge in [-0.05, 0) is 37.1 Å². The molecule has 1 aliphatic carbocycles. The molecule has 5 rings (SSSR count). The Kier molecular flexibility index (Phi) is 4.61. The van der Waals surface area contributed by atoms with Crippen LogP contribution >= 0.6 is 0 Å². The number of benzene rings is 1. The molecule has 1 saturated carbocycles. The first-order valence-corrected chi connectivity index (χ1v) is 10.4. The maximum Gasteiger partial charge on any atom is 0.324 e. The number of fused-ring (bicyclic) bond motifs is 1. The first-order chi connectivity index (χ1) is 14.6. The van der Waals surface area contributed by atoms with E-state index in [0.29, 0.717) is 30.4 Å². The van der Waals surface area contributed by atoms with Crippen LogP contribution in [0.2, 0.25) is 0 Å². The van der Waals surface area contributed by atoms with Crippen molar-refractivity contribution in [3.63, 3.8) is 0 Å². The van der Waals surface area contributed by atoms with Crippen molar-refractivity contribution >= 4 is 34.5 Å². The lowest BCUT2D eigenvalue weighted by atomic mass is 10.2. The minimum atomic E-state index is -0.248. The van der Waals surface area contributed by atoms with Gasteiger partial charge in [0.2, 0.25) is 0 Å². The molecule has 2 fully saturated rings. The standard InChI is InChI=1S/C22H24N6O2/c1-26-9-10-27(22(26)30)18-8-4-5-16(12-18)25-21(29)15-11-19-20(23-13-15)28(14-24-19)17-6-2-3-7-17/h4-5,8,11-14,17H,2-3,6-7,9-10H2,1H3,(H,25,29). The fourth-order valence-electron chi connectivity index (χ4n) is 4.33. The monoisotopic (exact) mass is 404 g/mol. The molecule has 3 amide bonds. The fourth-order valence-corrected chi connectivity index (χ4v) is 4.33. The fraction of sp³-hybridized carbons (Fsp3) is 0.364. The Labute approximate surface area is 174 Å². The van der Waals surface area contributed by atoms with Crippen molar-refractivity contribution in [2.45, 2.75) is 31.7 Å². The Morgan fingerprint density at radius 2 is 1.97 bits per heavy atom. The molecular weight excluding hydrogens is 380 g/mol. The van der Waals surface area contributed by atoms with Gasteiger partial charge >= 0.3 is 6.03 Å². The Balaban J connectivity index is 1.35. The van der Waals surface area contributed by atoms with E-state index < -0.39 is 0 Å². The van der Waals surface area contributed by atoms with E-state index in [-0.39, 0.29) is 11.9 Å². The Hall–Kier alpha value is -3.42. The summed E-state index contributed by atoms with van der Waals surface area (Å²) in [6.07, 6.45) is 8.23. The number of imidazole rings is 1. The molecule has 0 radical (unpaired) electrons. The quantitative estimate of drug-likeness (QED) is 0.719. The smallest absolute Gasteiger partial charge is 0.324 e. The summed E-state index contributed by atoms with van der Waals surface area (Å²) >= 11 is 0. The van der Waals surface area contributed by atoms with Crippen LogP contribution in [-0.2, 0) is 0 Å². The predicted molar refractivity (Wildman–Crippen MR) is 115 cm³/mol. The first kappa shape index (κ1) is 18.6. The number of amides is 3. The van der Waals surface area contributed by atoms with Crippen molar-refractivity contribution in [1.82, 2.24) is 19.4 Å². The molecule has 3 aromatic rings. The summed E-state index contributed by atoms with van der Waals surface area (Å²) in [6, 6.07) is 9.54. The van der Waals surface area contributed by atoms with Gasteiger partial charge in [-0.25, -0.2) is 14.8 Å². The van der Waals surface area contributed by atoms with E-state index in [9.17, 15) is 9.59 Å². The lowest BCUT2D eigenvalue weighted by Gasteiger charge is -2.17. The molecule has 1 N–H and O–H groups in total. The second-order valence-electron chi connectivity index (χ2n) is 8.02. The van der Waals surface area contributed by atoms with Crippen LogP contribution in [0.1, 0.15) is 42.1 Å². The highest BCUT2D eigenvalue weighted by atomic mass is 16.2. The number of hydrogen-bond donors (Lipinski definition) is 1. The van der Waals surface area contributed by atoms with Crippen molar-refractivity contribution in [2.24, 2.45) is 0 Å². The number of rotatable bonds is 4. The van der Waals surface area contributed by atoms with Gasteiger partial charge in [-0.15, -0.1) is 0 Å². The molecule has 30 heavy (non-hydrogen) atoms. The molecular formula is C22H24N6O2. The summed E-state index contributed by atoms with van der Waals surface area (Å²) in [4.78, 5) is 37.4. The van der Waals surface area contributed by atoms with Crippen LogP contribution in [0.25, 0.3) is 11.2 Å². The highest BCUT2D eigenvalue weighted by molar-refractivity contribution is 6.06. The molecule has 8 heteroatoms. The molecule has 0 bridgehead atoms.